The Labute approximate surface area is 118 Å². The summed E-state index contributed by atoms with van der Waals surface area (Å²) < 4.78 is 35.5. The van der Waals surface area contributed by atoms with Gasteiger partial charge in [0.2, 0.25) is 0 Å². The third kappa shape index (κ3) is 5.81. The molecule has 0 spiro atoms. The summed E-state index contributed by atoms with van der Waals surface area (Å²) >= 11 is 0. The highest BCUT2D eigenvalue weighted by molar-refractivity contribution is 5.75. The molecule has 1 amide bonds. The van der Waals surface area contributed by atoms with Crippen LogP contribution in [0.5, 0.6) is 0 Å². The molecule has 7 heteroatoms. The van der Waals surface area contributed by atoms with Crippen LogP contribution in [-0.4, -0.2) is 62.0 Å². The molecular weight excluding hydrogens is 272 g/mol. The van der Waals surface area contributed by atoms with Crippen LogP contribution in [-0.2, 0) is 14.3 Å². The van der Waals surface area contributed by atoms with Gasteiger partial charge in [-0.05, 0) is 20.8 Å². The first-order valence-corrected chi connectivity index (χ1v) is 6.22. The number of alkyl halides is 2. The normalized spacial score (nSPS) is 25.8. The van der Waals surface area contributed by atoms with Crippen molar-refractivity contribution in [3.05, 3.63) is 0 Å². The summed E-state index contributed by atoms with van der Waals surface area (Å²) in [5.41, 5.74) is -2.87. The minimum absolute atomic E-state index is 0.313. The van der Waals surface area contributed by atoms with E-state index in [9.17, 15) is 18.4 Å². The zero-order valence-corrected chi connectivity index (χ0v) is 12.6. The van der Waals surface area contributed by atoms with Crippen LogP contribution in [0.25, 0.3) is 0 Å². The summed E-state index contributed by atoms with van der Waals surface area (Å²) in [4.78, 5) is 23.4. The van der Waals surface area contributed by atoms with E-state index in [1.54, 1.807) is 35.0 Å². The fraction of sp³-hybridized carbons (Fsp3) is 0.846. The smallest absolute Gasteiger partial charge is 0.411 e. The zero-order chi connectivity index (χ0) is 16.0. The van der Waals surface area contributed by atoms with Gasteiger partial charge in [-0.25, -0.2) is 13.6 Å². The van der Waals surface area contributed by atoms with Crippen molar-refractivity contribution < 1.29 is 27.8 Å². The number of hydrogen-bond donors (Lipinski definition) is 0. The van der Waals surface area contributed by atoms with E-state index in [1.807, 2.05) is 0 Å². The van der Waals surface area contributed by atoms with Crippen LogP contribution in [0, 0.1) is 0 Å². The van der Waals surface area contributed by atoms with Gasteiger partial charge in [-0.15, -0.1) is 0 Å². The number of hydrogen-bond acceptors (Lipinski definition) is 4. The molecule has 5 nitrogen and oxygen atoms in total. The molecule has 1 rings (SSSR count). The van der Waals surface area contributed by atoms with Gasteiger partial charge in [-0.1, -0.05) is 0 Å². The van der Waals surface area contributed by atoms with Gasteiger partial charge in [0.25, 0.3) is 0 Å². The monoisotopic (exact) mass is 295 g/mol. The van der Waals surface area contributed by atoms with Gasteiger partial charge in [0.1, 0.15) is 18.6 Å². The van der Waals surface area contributed by atoms with Crippen LogP contribution in [0.4, 0.5) is 13.6 Å². The standard InChI is InChI=1S/C11H17F2NO3.C2H6O/c1-10(2,3)17-9(16)14-7-11(13,6-12)4-8(14)5-15;1-3-2/h5,8H,4,6-7H2,1-3H3;1-2H3. The summed E-state index contributed by atoms with van der Waals surface area (Å²) in [5, 5.41) is 0. The molecule has 0 bridgehead atoms. The third-order valence-electron chi connectivity index (χ3n) is 2.45. The van der Waals surface area contributed by atoms with Gasteiger partial charge in [-0.2, -0.15) is 0 Å². The van der Waals surface area contributed by atoms with E-state index < -0.39 is 36.6 Å². The first-order chi connectivity index (χ1) is 9.12. The van der Waals surface area contributed by atoms with Crippen LogP contribution in [0.1, 0.15) is 27.2 Å². The first-order valence-electron chi connectivity index (χ1n) is 6.22. The lowest BCUT2D eigenvalue weighted by molar-refractivity contribution is -0.111. The van der Waals surface area contributed by atoms with Crippen molar-refractivity contribution in [1.82, 2.24) is 4.90 Å². The third-order valence-corrected chi connectivity index (χ3v) is 2.45. The van der Waals surface area contributed by atoms with Gasteiger partial charge >= 0.3 is 6.09 Å². The number of methoxy groups -OCH3 is 1. The van der Waals surface area contributed by atoms with Gasteiger partial charge < -0.3 is 14.3 Å². The molecular formula is C13H23F2NO4. The maximum atomic E-state index is 13.7. The number of rotatable bonds is 2. The molecule has 0 radical (unpaired) electrons. The van der Waals surface area contributed by atoms with Gasteiger partial charge in [-0.3, -0.25) is 4.90 Å². The van der Waals surface area contributed by atoms with Crippen molar-refractivity contribution in [3.63, 3.8) is 0 Å². The number of likely N-dealkylation sites (tertiary alicyclic amines) is 1. The summed E-state index contributed by atoms with van der Waals surface area (Å²) in [7, 11) is 3.25. The van der Waals surface area contributed by atoms with E-state index in [4.69, 9.17) is 4.74 Å². The fourth-order valence-corrected chi connectivity index (χ4v) is 1.71. The van der Waals surface area contributed by atoms with E-state index >= 15 is 0 Å². The highest BCUT2D eigenvalue weighted by atomic mass is 19.2. The van der Waals surface area contributed by atoms with E-state index in [1.165, 1.54) is 0 Å². The molecule has 0 aromatic heterocycles. The molecule has 1 aliphatic heterocycles. The predicted molar refractivity (Wildman–Crippen MR) is 70.2 cm³/mol. The summed E-state index contributed by atoms with van der Waals surface area (Å²) in [5.74, 6) is 0. The molecule has 118 valence electrons. The Morgan fingerprint density at radius 1 is 1.45 bits per heavy atom. The maximum absolute atomic E-state index is 13.7. The Balaban J connectivity index is 0.00000110. The second kappa shape index (κ2) is 7.52. The Kier molecular flexibility index (Phi) is 7.05. The second-order valence-electron chi connectivity index (χ2n) is 5.71. The quantitative estimate of drug-likeness (QED) is 0.732. The first kappa shape index (κ1) is 18.8. The lowest BCUT2D eigenvalue weighted by Crippen LogP contribution is -2.41. The second-order valence-corrected chi connectivity index (χ2v) is 5.71. The zero-order valence-electron chi connectivity index (χ0n) is 12.6. The van der Waals surface area contributed by atoms with E-state index in [-0.39, 0.29) is 6.42 Å². The molecule has 1 fully saturated rings. The number of ether oxygens (including phenoxy) is 2. The van der Waals surface area contributed by atoms with Crippen molar-refractivity contribution in [3.8, 4) is 0 Å². The van der Waals surface area contributed by atoms with Crippen LogP contribution in [0.2, 0.25) is 0 Å². The molecule has 1 saturated heterocycles. The predicted octanol–water partition coefficient (Wildman–Crippen LogP) is 2.14. The molecule has 1 aliphatic rings. The summed E-state index contributed by atoms with van der Waals surface area (Å²) in [6.45, 7) is 3.33. The average Bonchev–Trinajstić information content (AvgIpc) is 2.67. The molecule has 2 atom stereocenters. The van der Waals surface area contributed by atoms with Gasteiger partial charge in [0.15, 0.2) is 5.67 Å². The molecule has 0 N–H and O–H groups in total. The molecule has 0 aromatic carbocycles. The van der Waals surface area contributed by atoms with Crippen LogP contribution >= 0.6 is 0 Å². The van der Waals surface area contributed by atoms with Crippen molar-refractivity contribution in [1.29, 1.82) is 0 Å². The van der Waals surface area contributed by atoms with Crippen molar-refractivity contribution >= 4 is 12.4 Å². The molecule has 1 heterocycles. The lowest BCUT2D eigenvalue weighted by atomic mass is 10.1. The topological polar surface area (TPSA) is 55.8 Å². The van der Waals surface area contributed by atoms with E-state index in [0.717, 1.165) is 4.90 Å². The molecule has 2 unspecified atom stereocenters. The molecule has 20 heavy (non-hydrogen) atoms. The van der Waals surface area contributed by atoms with Gasteiger partial charge in [0.05, 0.1) is 12.6 Å². The Hall–Kier alpha value is -1.24. The number of aldehydes is 1. The summed E-state index contributed by atoms with van der Waals surface area (Å²) in [6, 6.07) is -0.953. The Bertz CT molecular complexity index is 333. The van der Waals surface area contributed by atoms with E-state index in [0.29, 0.717) is 6.29 Å². The van der Waals surface area contributed by atoms with Crippen molar-refractivity contribution in [2.24, 2.45) is 0 Å². The number of nitrogens with zero attached hydrogens (tertiary/aromatic N) is 1. The maximum Gasteiger partial charge on any atom is 0.411 e. The minimum Gasteiger partial charge on any atom is -0.444 e. The minimum atomic E-state index is -2.14. The lowest BCUT2D eigenvalue weighted by Gasteiger charge is -2.26. The largest absolute Gasteiger partial charge is 0.444 e. The van der Waals surface area contributed by atoms with Crippen LogP contribution in [0.3, 0.4) is 0 Å². The fourth-order valence-electron chi connectivity index (χ4n) is 1.71. The number of halogens is 2. The number of carbonyl (C=O) groups is 2. The molecule has 0 saturated carbocycles. The Morgan fingerprint density at radius 2 is 1.95 bits per heavy atom. The highest BCUT2D eigenvalue weighted by Crippen LogP contribution is 2.31. The average molecular weight is 295 g/mol. The number of amides is 1. The Morgan fingerprint density at radius 3 is 2.30 bits per heavy atom. The van der Waals surface area contributed by atoms with Crippen molar-refractivity contribution in [2.75, 3.05) is 27.4 Å². The number of carbonyl (C=O) groups excluding carboxylic acids is 2. The SMILES string of the molecule is CC(C)(C)OC(=O)N1CC(F)(CF)CC1C=O.COC. The van der Waals surface area contributed by atoms with Crippen LogP contribution in [0.15, 0.2) is 0 Å². The van der Waals surface area contributed by atoms with Gasteiger partial charge in [0, 0.05) is 20.6 Å². The van der Waals surface area contributed by atoms with Crippen LogP contribution < -0.4 is 0 Å². The molecule has 0 aromatic rings. The highest BCUT2D eigenvalue weighted by Gasteiger charge is 2.47. The van der Waals surface area contributed by atoms with Crippen molar-refractivity contribution in [2.45, 2.75) is 44.5 Å². The van der Waals surface area contributed by atoms with E-state index in [2.05, 4.69) is 4.74 Å². The summed E-state index contributed by atoms with van der Waals surface area (Å²) in [6.07, 6.45) is -0.657. The molecule has 0 aliphatic carbocycles.